The third kappa shape index (κ3) is 2.11. The van der Waals surface area contributed by atoms with Gasteiger partial charge in [-0.3, -0.25) is 9.69 Å². The second-order valence-corrected chi connectivity index (χ2v) is 5.76. The van der Waals surface area contributed by atoms with E-state index in [1.54, 1.807) is 6.20 Å². The molecule has 2 aromatic rings. The van der Waals surface area contributed by atoms with Crippen molar-refractivity contribution in [3.8, 4) is 0 Å². The highest BCUT2D eigenvalue weighted by Gasteiger charge is 2.40. The highest BCUT2D eigenvalue weighted by Crippen LogP contribution is 2.23. The minimum atomic E-state index is -0.00917. The van der Waals surface area contributed by atoms with Crippen molar-refractivity contribution >= 4 is 11.6 Å². The molecule has 6 nitrogen and oxygen atoms in total. The van der Waals surface area contributed by atoms with E-state index in [0.29, 0.717) is 24.8 Å². The van der Waals surface area contributed by atoms with Gasteiger partial charge < -0.3 is 14.0 Å². The van der Waals surface area contributed by atoms with Crippen molar-refractivity contribution in [3.63, 3.8) is 0 Å². The van der Waals surface area contributed by atoms with E-state index in [0.717, 1.165) is 18.8 Å². The van der Waals surface area contributed by atoms with Crippen LogP contribution in [0.3, 0.4) is 0 Å². The number of likely N-dealkylation sites (tertiary alicyclic amines) is 1. The number of amides is 1. The standard InChI is InChI=1S/C15H18N4O2/c1-17-6-7-21-13-10-19(9-12(13)17)15(20)11-8-18-5-3-2-4-14(18)16-11/h2-5,8,12-13H,6-7,9-10H2,1H3. The van der Waals surface area contributed by atoms with Gasteiger partial charge in [0.05, 0.1) is 18.8 Å². The number of morpholine rings is 1. The summed E-state index contributed by atoms with van der Waals surface area (Å²) in [6, 6.07) is 6.05. The van der Waals surface area contributed by atoms with Crippen LogP contribution in [0.5, 0.6) is 0 Å². The van der Waals surface area contributed by atoms with Crippen LogP contribution in [0.2, 0.25) is 0 Å². The lowest BCUT2D eigenvalue weighted by Crippen LogP contribution is -2.48. The fourth-order valence-corrected chi connectivity index (χ4v) is 3.22. The molecule has 0 aliphatic carbocycles. The van der Waals surface area contributed by atoms with Gasteiger partial charge in [0.2, 0.25) is 0 Å². The van der Waals surface area contributed by atoms with Crippen LogP contribution < -0.4 is 0 Å². The molecule has 21 heavy (non-hydrogen) atoms. The van der Waals surface area contributed by atoms with Gasteiger partial charge in [0.25, 0.3) is 5.91 Å². The molecular weight excluding hydrogens is 268 g/mol. The lowest BCUT2D eigenvalue weighted by atomic mass is 10.1. The molecule has 2 fully saturated rings. The lowest BCUT2D eigenvalue weighted by Gasteiger charge is -2.33. The molecule has 6 heteroatoms. The molecule has 2 aliphatic heterocycles. The molecule has 4 heterocycles. The van der Waals surface area contributed by atoms with Crippen molar-refractivity contribution in [1.82, 2.24) is 19.2 Å². The Bertz CT molecular complexity index is 650. The molecule has 0 saturated carbocycles. The Morgan fingerprint density at radius 3 is 3.10 bits per heavy atom. The van der Waals surface area contributed by atoms with E-state index < -0.39 is 0 Å². The molecule has 2 atom stereocenters. The molecule has 2 aliphatic rings. The van der Waals surface area contributed by atoms with Crippen molar-refractivity contribution in [2.45, 2.75) is 12.1 Å². The van der Waals surface area contributed by atoms with Gasteiger partial charge in [0.15, 0.2) is 0 Å². The number of hydrogen-bond donors (Lipinski definition) is 0. The molecule has 2 saturated heterocycles. The second kappa shape index (κ2) is 4.82. The van der Waals surface area contributed by atoms with E-state index in [-0.39, 0.29) is 12.0 Å². The highest BCUT2D eigenvalue weighted by molar-refractivity contribution is 5.93. The highest BCUT2D eigenvalue weighted by atomic mass is 16.5. The molecule has 2 unspecified atom stereocenters. The van der Waals surface area contributed by atoms with Gasteiger partial charge in [0.1, 0.15) is 11.3 Å². The number of nitrogens with zero attached hydrogens (tertiary/aromatic N) is 4. The summed E-state index contributed by atoms with van der Waals surface area (Å²) in [5.74, 6) is -0.00917. The summed E-state index contributed by atoms with van der Waals surface area (Å²) in [5.41, 5.74) is 1.30. The first-order valence-corrected chi connectivity index (χ1v) is 7.27. The van der Waals surface area contributed by atoms with Crippen molar-refractivity contribution < 1.29 is 9.53 Å². The molecule has 0 N–H and O–H groups in total. The van der Waals surface area contributed by atoms with E-state index in [2.05, 4.69) is 16.9 Å². The third-order valence-electron chi connectivity index (χ3n) is 4.45. The summed E-state index contributed by atoms with van der Waals surface area (Å²) in [7, 11) is 2.10. The normalized spacial score (nSPS) is 26.2. The van der Waals surface area contributed by atoms with Crippen molar-refractivity contribution in [1.29, 1.82) is 0 Å². The van der Waals surface area contributed by atoms with Crippen LogP contribution in [-0.4, -0.2) is 70.5 Å². The zero-order valence-corrected chi connectivity index (χ0v) is 12.0. The summed E-state index contributed by atoms with van der Waals surface area (Å²) in [6.45, 7) is 3.04. The average Bonchev–Trinajstić information content (AvgIpc) is 3.11. The minimum Gasteiger partial charge on any atom is -0.373 e. The molecule has 0 radical (unpaired) electrons. The number of fused-ring (bicyclic) bond motifs is 2. The Balaban J connectivity index is 1.57. The third-order valence-corrected chi connectivity index (χ3v) is 4.45. The predicted octanol–water partition coefficient (Wildman–Crippen LogP) is 0.489. The van der Waals surface area contributed by atoms with Crippen LogP contribution in [0, 0.1) is 0 Å². The second-order valence-electron chi connectivity index (χ2n) is 5.76. The SMILES string of the molecule is CN1CCOC2CN(C(=O)c3cn4ccccc4n3)CC21. The van der Waals surface area contributed by atoms with Gasteiger partial charge in [-0.15, -0.1) is 0 Å². The number of ether oxygens (including phenoxy) is 1. The molecule has 2 aromatic heterocycles. The topological polar surface area (TPSA) is 50.1 Å². The maximum absolute atomic E-state index is 12.6. The Morgan fingerprint density at radius 2 is 2.29 bits per heavy atom. The largest absolute Gasteiger partial charge is 0.373 e. The van der Waals surface area contributed by atoms with E-state index >= 15 is 0 Å². The van der Waals surface area contributed by atoms with Gasteiger partial charge in [-0.25, -0.2) is 4.98 Å². The molecule has 4 rings (SSSR count). The van der Waals surface area contributed by atoms with Crippen molar-refractivity contribution in [2.24, 2.45) is 0 Å². The summed E-state index contributed by atoms with van der Waals surface area (Å²) >= 11 is 0. The van der Waals surface area contributed by atoms with E-state index in [1.807, 2.05) is 33.7 Å². The zero-order chi connectivity index (χ0) is 14.4. The predicted molar refractivity (Wildman–Crippen MR) is 77.3 cm³/mol. The summed E-state index contributed by atoms with van der Waals surface area (Å²) in [6.07, 6.45) is 3.83. The van der Waals surface area contributed by atoms with E-state index in [4.69, 9.17) is 4.74 Å². The first-order valence-electron chi connectivity index (χ1n) is 7.27. The first kappa shape index (κ1) is 12.8. The Morgan fingerprint density at radius 1 is 1.38 bits per heavy atom. The minimum absolute atomic E-state index is 0.00917. The summed E-state index contributed by atoms with van der Waals surface area (Å²) in [4.78, 5) is 21.2. The van der Waals surface area contributed by atoms with Crippen LogP contribution in [-0.2, 0) is 4.74 Å². The van der Waals surface area contributed by atoms with E-state index in [9.17, 15) is 4.79 Å². The molecular formula is C15H18N4O2. The number of hydrogen-bond acceptors (Lipinski definition) is 4. The van der Waals surface area contributed by atoms with Crippen LogP contribution in [0.15, 0.2) is 30.6 Å². The molecule has 110 valence electrons. The van der Waals surface area contributed by atoms with Crippen LogP contribution >= 0.6 is 0 Å². The van der Waals surface area contributed by atoms with Crippen molar-refractivity contribution in [2.75, 3.05) is 33.3 Å². The van der Waals surface area contributed by atoms with Gasteiger partial charge in [-0.05, 0) is 19.2 Å². The number of aromatic nitrogens is 2. The maximum Gasteiger partial charge on any atom is 0.274 e. The number of carbonyl (C=O) groups excluding carboxylic acids is 1. The number of rotatable bonds is 1. The fraction of sp³-hybridized carbons (Fsp3) is 0.467. The van der Waals surface area contributed by atoms with Gasteiger partial charge in [-0.2, -0.15) is 0 Å². The fourth-order valence-electron chi connectivity index (χ4n) is 3.22. The van der Waals surface area contributed by atoms with Gasteiger partial charge in [0, 0.05) is 32.0 Å². The van der Waals surface area contributed by atoms with Crippen molar-refractivity contribution in [3.05, 3.63) is 36.3 Å². The number of carbonyl (C=O) groups is 1. The summed E-state index contributed by atoms with van der Waals surface area (Å²) < 4.78 is 7.66. The summed E-state index contributed by atoms with van der Waals surface area (Å²) in [5, 5.41) is 0. The smallest absolute Gasteiger partial charge is 0.274 e. The molecule has 0 bridgehead atoms. The Labute approximate surface area is 122 Å². The quantitative estimate of drug-likeness (QED) is 0.765. The average molecular weight is 286 g/mol. The lowest BCUT2D eigenvalue weighted by molar-refractivity contribution is -0.0368. The first-order chi connectivity index (χ1) is 10.2. The number of imidazole rings is 1. The molecule has 1 amide bonds. The van der Waals surface area contributed by atoms with Crippen LogP contribution in [0.25, 0.3) is 5.65 Å². The monoisotopic (exact) mass is 286 g/mol. The Hall–Kier alpha value is -1.92. The molecule has 0 spiro atoms. The van der Waals surface area contributed by atoms with Crippen LogP contribution in [0.4, 0.5) is 0 Å². The van der Waals surface area contributed by atoms with Gasteiger partial charge >= 0.3 is 0 Å². The van der Waals surface area contributed by atoms with Crippen LogP contribution in [0.1, 0.15) is 10.5 Å². The molecule has 0 aromatic carbocycles. The zero-order valence-electron chi connectivity index (χ0n) is 12.0. The van der Waals surface area contributed by atoms with E-state index in [1.165, 1.54) is 0 Å². The number of likely N-dealkylation sites (N-methyl/N-ethyl adjacent to an activating group) is 1. The number of pyridine rings is 1. The maximum atomic E-state index is 12.6. The Kier molecular flexibility index (Phi) is 2.94. The van der Waals surface area contributed by atoms with Gasteiger partial charge in [-0.1, -0.05) is 6.07 Å².